The number of hydrogen-bond acceptors (Lipinski definition) is 5. The Morgan fingerprint density at radius 1 is 1.33 bits per heavy atom. The van der Waals surface area contributed by atoms with E-state index in [2.05, 4.69) is 14.7 Å². The van der Waals surface area contributed by atoms with E-state index < -0.39 is 15.6 Å². The zero-order valence-corrected chi connectivity index (χ0v) is 12.6. The zero-order valence-electron chi connectivity index (χ0n) is 11.0. The van der Waals surface area contributed by atoms with Gasteiger partial charge in [0.1, 0.15) is 4.90 Å². The van der Waals surface area contributed by atoms with Crippen LogP contribution in [0.5, 0.6) is 0 Å². The SMILES string of the molecule is CN(C)c1ncc(S(=O)(=O)NC(C)(C)C)c(Cl)n1. The second kappa shape index (κ2) is 4.99. The van der Waals surface area contributed by atoms with Crippen molar-refractivity contribution >= 4 is 27.6 Å². The Balaban J connectivity index is 3.19. The van der Waals surface area contributed by atoms with Crippen LogP contribution in [0.1, 0.15) is 20.8 Å². The van der Waals surface area contributed by atoms with Crippen molar-refractivity contribution in [1.82, 2.24) is 14.7 Å². The molecule has 0 amide bonds. The maximum absolute atomic E-state index is 12.1. The van der Waals surface area contributed by atoms with Crippen molar-refractivity contribution in [1.29, 1.82) is 0 Å². The topological polar surface area (TPSA) is 75.2 Å². The van der Waals surface area contributed by atoms with E-state index in [1.54, 1.807) is 39.8 Å². The van der Waals surface area contributed by atoms with Crippen LogP contribution in [0.25, 0.3) is 0 Å². The number of anilines is 1. The van der Waals surface area contributed by atoms with Crippen LogP contribution in [-0.2, 0) is 10.0 Å². The fourth-order valence-corrected chi connectivity index (χ4v) is 3.00. The van der Waals surface area contributed by atoms with Crippen molar-refractivity contribution in [3.05, 3.63) is 11.3 Å². The minimum Gasteiger partial charge on any atom is -0.347 e. The molecular weight excluding hydrogens is 276 g/mol. The van der Waals surface area contributed by atoms with Crippen LogP contribution >= 0.6 is 11.6 Å². The second-order valence-corrected chi connectivity index (χ2v) is 7.08. The van der Waals surface area contributed by atoms with Crippen LogP contribution in [0.3, 0.4) is 0 Å². The fraction of sp³-hybridized carbons (Fsp3) is 0.600. The van der Waals surface area contributed by atoms with Crippen LogP contribution in [-0.4, -0.2) is 38.0 Å². The molecule has 1 heterocycles. The molecule has 1 aromatic heterocycles. The first-order valence-corrected chi connectivity index (χ1v) is 7.13. The minimum atomic E-state index is -3.72. The number of sulfonamides is 1. The lowest BCUT2D eigenvalue weighted by atomic mass is 10.1. The fourth-order valence-electron chi connectivity index (χ4n) is 1.20. The second-order valence-electron chi connectivity index (χ2n) is 5.07. The molecular formula is C10H17ClN4O2S. The Hall–Kier alpha value is -0.920. The molecule has 0 aromatic carbocycles. The lowest BCUT2D eigenvalue weighted by molar-refractivity contribution is 0.491. The van der Waals surface area contributed by atoms with Gasteiger partial charge in [0.25, 0.3) is 0 Å². The first kappa shape index (κ1) is 15.1. The van der Waals surface area contributed by atoms with Crippen molar-refractivity contribution in [2.45, 2.75) is 31.2 Å². The van der Waals surface area contributed by atoms with Gasteiger partial charge in [-0.1, -0.05) is 11.6 Å². The molecule has 102 valence electrons. The van der Waals surface area contributed by atoms with E-state index in [0.29, 0.717) is 5.95 Å². The van der Waals surface area contributed by atoms with Gasteiger partial charge in [0.2, 0.25) is 16.0 Å². The summed E-state index contributed by atoms with van der Waals surface area (Å²) in [6, 6.07) is 0. The number of halogens is 1. The molecule has 0 saturated heterocycles. The maximum atomic E-state index is 12.1. The van der Waals surface area contributed by atoms with Gasteiger partial charge in [-0.2, -0.15) is 4.98 Å². The molecule has 0 aliphatic heterocycles. The Kier molecular flexibility index (Phi) is 4.19. The third-order valence-electron chi connectivity index (χ3n) is 1.83. The van der Waals surface area contributed by atoms with Crippen molar-refractivity contribution in [3.63, 3.8) is 0 Å². The van der Waals surface area contributed by atoms with Crippen LogP contribution in [0.15, 0.2) is 11.1 Å². The highest BCUT2D eigenvalue weighted by molar-refractivity contribution is 7.89. The van der Waals surface area contributed by atoms with Gasteiger partial charge in [-0.05, 0) is 20.8 Å². The third kappa shape index (κ3) is 3.79. The number of nitrogens with one attached hydrogen (secondary N) is 1. The molecule has 0 bridgehead atoms. The van der Waals surface area contributed by atoms with E-state index in [-0.39, 0.29) is 10.0 Å². The van der Waals surface area contributed by atoms with Crippen molar-refractivity contribution in [2.75, 3.05) is 19.0 Å². The molecule has 0 saturated carbocycles. The van der Waals surface area contributed by atoms with Crippen LogP contribution in [0, 0.1) is 0 Å². The summed E-state index contributed by atoms with van der Waals surface area (Å²) in [7, 11) is -0.230. The van der Waals surface area contributed by atoms with E-state index in [1.165, 1.54) is 6.20 Å². The Morgan fingerprint density at radius 2 is 1.89 bits per heavy atom. The van der Waals surface area contributed by atoms with Gasteiger partial charge < -0.3 is 4.90 Å². The van der Waals surface area contributed by atoms with Gasteiger partial charge in [-0.25, -0.2) is 18.1 Å². The van der Waals surface area contributed by atoms with Crippen LogP contribution < -0.4 is 9.62 Å². The number of aromatic nitrogens is 2. The highest BCUT2D eigenvalue weighted by atomic mass is 35.5. The van der Waals surface area contributed by atoms with Crippen molar-refractivity contribution < 1.29 is 8.42 Å². The van der Waals surface area contributed by atoms with Gasteiger partial charge >= 0.3 is 0 Å². The molecule has 6 nitrogen and oxygen atoms in total. The molecule has 0 spiro atoms. The third-order valence-corrected chi connectivity index (χ3v) is 3.99. The van der Waals surface area contributed by atoms with Gasteiger partial charge in [0, 0.05) is 19.6 Å². The number of rotatable bonds is 3. The summed E-state index contributed by atoms with van der Waals surface area (Å²) in [5.41, 5.74) is -0.595. The quantitative estimate of drug-likeness (QED) is 0.849. The number of nitrogens with zero attached hydrogens (tertiary/aromatic N) is 3. The standard InChI is InChI=1S/C10H17ClN4O2S/c1-10(2,3)14-18(16,17)7-6-12-9(15(4)5)13-8(7)11/h6,14H,1-5H3. The molecule has 0 unspecified atom stereocenters. The van der Waals surface area contributed by atoms with Crippen molar-refractivity contribution in [2.24, 2.45) is 0 Å². The largest absolute Gasteiger partial charge is 0.347 e. The average Bonchev–Trinajstić information content (AvgIpc) is 2.12. The van der Waals surface area contributed by atoms with Gasteiger partial charge in [-0.3, -0.25) is 0 Å². The van der Waals surface area contributed by atoms with Gasteiger partial charge in [0.15, 0.2) is 5.15 Å². The van der Waals surface area contributed by atoms with Gasteiger partial charge in [0.05, 0.1) is 6.20 Å². The first-order chi connectivity index (χ1) is 8.03. The summed E-state index contributed by atoms with van der Waals surface area (Å²) in [4.78, 5) is 9.39. The molecule has 1 aromatic rings. The van der Waals surface area contributed by atoms with E-state index in [0.717, 1.165) is 0 Å². The Bertz CT molecular complexity index is 537. The summed E-state index contributed by atoms with van der Waals surface area (Å²) < 4.78 is 26.6. The summed E-state index contributed by atoms with van der Waals surface area (Å²) in [6.07, 6.45) is 1.21. The molecule has 18 heavy (non-hydrogen) atoms. The highest BCUT2D eigenvalue weighted by Crippen LogP contribution is 2.21. The molecule has 1 rings (SSSR count). The number of hydrogen-bond donors (Lipinski definition) is 1. The monoisotopic (exact) mass is 292 g/mol. The molecule has 0 radical (unpaired) electrons. The molecule has 0 aliphatic carbocycles. The average molecular weight is 293 g/mol. The van der Waals surface area contributed by atoms with Crippen LogP contribution in [0.4, 0.5) is 5.95 Å². The lowest BCUT2D eigenvalue weighted by Crippen LogP contribution is -2.40. The van der Waals surface area contributed by atoms with E-state index in [1.807, 2.05) is 0 Å². The predicted octanol–water partition coefficient (Wildman–Crippen LogP) is 1.27. The Morgan fingerprint density at radius 3 is 2.28 bits per heavy atom. The smallest absolute Gasteiger partial charge is 0.245 e. The predicted molar refractivity (Wildman–Crippen MR) is 71.4 cm³/mol. The Labute approximate surface area is 112 Å². The summed E-state index contributed by atoms with van der Waals surface area (Å²) in [5.74, 6) is 0.356. The minimum absolute atomic E-state index is 0.0922. The molecule has 8 heteroatoms. The van der Waals surface area contributed by atoms with E-state index >= 15 is 0 Å². The van der Waals surface area contributed by atoms with Gasteiger partial charge in [-0.15, -0.1) is 0 Å². The maximum Gasteiger partial charge on any atom is 0.245 e. The lowest BCUT2D eigenvalue weighted by Gasteiger charge is -2.20. The summed E-state index contributed by atoms with van der Waals surface area (Å²) >= 11 is 5.89. The zero-order chi connectivity index (χ0) is 14.1. The van der Waals surface area contributed by atoms with E-state index in [9.17, 15) is 8.42 Å². The van der Waals surface area contributed by atoms with E-state index in [4.69, 9.17) is 11.6 Å². The normalized spacial score (nSPS) is 12.6. The molecule has 0 fully saturated rings. The highest BCUT2D eigenvalue weighted by Gasteiger charge is 2.25. The van der Waals surface area contributed by atoms with Crippen molar-refractivity contribution in [3.8, 4) is 0 Å². The molecule has 1 N–H and O–H groups in total. The summed E-state index contributed by atoms with van der Waals surface area (Å²) in [6.45, 7) is 5.23. The molecule has 0 atom stereocenters. The van der Waals surface area contributed by atoms with Crippen LogP contribution in [0.2, 0.25) is 5.15 Å². The first-order valence-electron chi connectivity index (χ1n) is 5.27. The summed E-state index contributed by atoms with van der Waals surface area (Å²) in [5, 5.41) is -0.0922. The molecule has 0 aliphatic rings.